The van der Waals surface area contributed by atoms with Gasteiger partial charge in [-0.05, 0) is 48.4 Å². The van der Waals surface area contributed by atoms with Crippen molar-refractivity contribution in [2.45, 2.75) is 6.42 Å². The van der Waals surface area contributed by atoms with Gasteiger partial charge in [0.2, 0.25) is 5.91 Å². The summed E-state index contributed by atoms with van der Waals surface area (Å²) in [6.07, 6.45) is 0.639. The average Bonchev–Trinajstić information content (AvgIpc) is 2.66. The highest BCUT2D eigenvalue weighted by atomic mass is 16.5. The van der Waals surface area contributed by atoms with E-state index < -0.39 is 0 Å². The molecule has 0 unspecified atom stereocenters. The second kappa shape index (κ2) is 9.93. The molecular weight excluding hydrogens is 336 g/mol. The number of hydrogen-bond acceptors (Lipinski definition) is 5. The molecule has 3 N–H and O–H groups in total. The van der Waals surface area contributed by atoms with Crippen LogP contribution in [0.4, 0.5) is 0 Å². The predicted octanol–water partition coefficient (Wildman–Crippen LogP) is 1.25. The third-order valence-corrected chi connectivity index (χ3v) is 3.55. The average molecular weight is 358 g/mol. The third kappa shape index (κ3) is 6.72. The molecule has 0 aliphatic rings. The number of rotatable bonds is 9. The van der Waals surface area contributed by atoms with Gasteiger partial charge in [-0.1, -0.05) is 12.1 Å². The second-order valence-corrected chi connectivity index (χ2v) is 5.51. The van der Waals surface area contributed by atoms with Crippen LogP contribution in [0, 0.1) is 0 Å². The van der Waals surface area contributed by atoms with E-state index in [1.807, 2.05) is 0 Å². The standard InChI is InChI=1S/C19H22N2O5/c1-25-16-6-8-17(9-7-16)26-13-19(24)21-12-18(23)20-11-10-14-2-4-15(22)5-3-14/h2-9,22H,10-13H2,1H3,(H,20,23)(H,21,24). The number of benzene rings is 2. The molecule has 2 rings (SSSR count). The second-order valence-electron chi connectivity index (χ2n) is 5.51. The normalized spacial score (nSPS) is 10.0. The summed E-state index contributed by atoms with van der Waals surface area (Å²) in [4.78, 5) is 23.4. The molecule has 7 nitrogen and oxygen atoms in total. The van der Waals surface area contributed by atoms with Crippen LogP contribution < -0.4 is 20.1 Å². The molecule has 0 radical (unpaired) electrons. The highest BCUT2D eigenvalue weighted by molar-refractivity contribution is 5.85. The number of hydrogen-bond donors (Lipinski definition) is 3. The van der Waals surface area contributed by atoms with Crippen LogP contribution in [0.3, 0.4) is 0 Å². The van der Waals surface area contributed by atoms with Crippen LogP contribution in [0.15, 0.2) is 48.5 Å². The lowest BCUT2D eigenvalue weighted by Crippen LogP contribution is -2.39. The maximum atomic E-state index is 11.7. The minimum atomic E-state index is -0.380. The van der Waals surface area contributed by atoms with E-state index in [-0.39, 0.29) is 30.7 Å². The van der Waals surface area contributed by atoms with Crippen LogP contribution in [-0.4, -0.2) is 43.7 Å². The molecule has 138 valence electrons. The maximum absolute atomic E-state index is 11.7. The Balaban J connectivity index is 1.60. The Labute approximate surface area is 151 Å². The van der Waals surface area contributed by atoms with E-state index in [0.29, 0.717) is 24.5 Å². The van der Waals surface area contributed by atoms with Gasteiger partial charge >= 0.3 is 0 Å². The Morgan fingerprint density at radius 2 is 1.58 bits per heavy atom. The van der Waals surface area contributed by atoms with Gasteiger partial charge in [0.25, 0.3) is 5.91 Å². The fourth-order valence-corrected chi connectivity index (χ4v) is 2.12. The lowest BCUT2D eigenvalue weighted by Gasteiger charge is -2.09. The molecule has 0 spiro atoms. The Morgan fingerprint density at radius 1 is 0.923 bits per heavy atom. The molecule has 0 heterocycles. The lowest BCUT2D eigenvalue weighted by atomic mass is 10.1. The fourth-order valence-electron chi connectivity index (χ4n) is 2.12. The molecule has 0 fully saturated rings. The van der Waals surface area contributed by atoms with E-state index in [2.05, 4.69) is 10.6 Å². The Kier molecular flexibility index (Phi) is 7.30. The van der Waals surface area contributed by atoms with Crippen molar-refractivity contribution in [3.8, 4) is 17.2 Å². The molecule has 2 aromatic rings. The number of carbonyl (C=O) groups is 2. The number of phenols is 1. The van der Waals surface area contributed by atoms with Crippen LogP contribution in [0.2, 0.25) is 0 Å². The third-order valence-electron chi connectivity index (χ3n) is 3.55. The van der Waals surface area contributed by atoms with Crippen molar-refractivity contribution in [3.63, 3.8) is 0 Å². The van der Waals surface area contributed by atoms with E-state index in [0.717, 1.165) is 5.56 Å². The number of nitrogens with one attached hydrogen (secondary N) is 2. The van der Waals surface area contributed by atoms with E-state index in [9.17, 15) is 14.7 Å². The fraction of sp³-hybridized carbons (Fsp3) is 0.263. The number of methoxy groups -OCH3 is 1. The molecule has 26 heavy (non-hydrogen) atoms. The summed E-state index contributed by atoms with van der Waals surface area (Å²) in [5.41, 5.74) is 1.00. The molecule has 0 atom stereocenters. The molecule has 0 saturated carbocycles. The van der Waals surface area contributed by atoms with Crippen molar-refractivity contribution >= 4 is 11.8 Å². The summed E-state index contributed by atoms with van der Waals surface area (Å²) in [5, 5.41) is 14.4. The first kappa shape index (κ1) is 19.1. The highest BCUT2D eigenvalue weighted by Gasteiger charge is 2.06. The zero-order valence-electron chi connectivity index (χ0n) is 14.5. The summed E-state index contributed by atoms with van der Waals surface area (Å²) in [7, 11) is 1.57. The summed E-state index contributed by atoms with van der Waals surface area (Å²) in [6.45, 7) is 0.162. The monoisotopic (exact) mass is 358 g/mol. The molecule has 2 aromatic carbocycles. The highest BCUT2D eigenvalue weighted by Crippen LogP contribution is 2.16. The van der Waals surface area contributed by atoms with Gasteiger partial charge in [-0.3, -0.25) is 9.59 Å². The van der Waals surface area contributed by atoms with Crippen molar-refractivity contribution in [1.82, 2.24) is 10.6 Å². The number of carbonyl (C=O) groups excluding carboxylic acids is 2. The Morgan fingerprint density at radius 3 is 2.23 bits per heavy atom. The smallest absolute Gasteiger partial charge is 0.258 e. The van der Waals surface area contributed by atoms with E-state index in [1.165, 1.54) is 0 Å². The molecule has 0 saturated heterocycles. The minimum absolute atomic E-state index is 0.111. The van der Waals surface area contributed by atoms with Gasteiger partial charge in [0.15, 0.2) is 6.61 Å². The van der Waals surface area contributed by atoms with Gasteiger partial charge in [-0.2, -0.15) is 0 Å². The summed E-state index contributed by atoms with van der Waals surface area (Å²) in [5.74, 6) is 0.790. The van der Waals surface area contributed by atoms with Gasteiger partial charge in [-0.25, -0.2) is 0 Å². The molecule has 0 bridgehead atoms. The largest absolute Gasteiger partial charge is 0.508 e. The van der Waals surface area contributed by atoms with Crippen molar-refractivity contribution < 1.29 is 24.2 Å². The van der Waals surface area contributed by atoms with Gasteiger partial charge in [-0.15, -0.1) is 0 Å². The van der Waals surface area contributed by atoms with Gasteiger partial charge in [0, 0.05) is 6.54 Å². The topological polar surface area (TPSA) is 96.9 Å². The van der Waals surface area contributed by atoms with Crippen LogP contribution in [0.25, 0.3) is 0 Å². The minimum Gasteiger partial charge on any atom is -0.508 e. The number of ether oxygens (including phenoxy) is 2. The SMILES string of the molecule is COc1ccc(OCC(=O)NCC(=O)NCCc2ccc(O)cc2)cc1. The summed E-state index contributed by atoms with van der Waals surface area (Å²) >= 11 is 0. The van der Waals surface area contributed by atoms with E-state index in [1.54, 1.807) is 55.6 Å². The quantitative estimate of drug-likeness (QED) is 0.627. The Hall–Kier alpha value is -3.22. The summed E-state index contributed by atoms with van der Waals surface area (Å²) < 4.78 is 10.4. The van der Waals surface area contributed by atoms with Crippen molar-refractivity contribution in [2.75, 3.05) is 26.8 Å². The number of phenolic OH excluding ortho intramolecular Hbond substituents is 1. The number of aromatic hydroxyl groups is 1. The van der Waals surface area contributed by atoms with Crippen LogP contribution in [0.1, 0.15) is 5.56 Å². The van der Waals surface area contributed by atoms with Crippen molar-refractivity contribution in [2.24, 2.45) is 0 Å². The zero-order valence-corrected chi connectivity index (χ0v) is 14.5. The maximum Gasteiger partial charge on any atom is 0.258 e. The first-order chi connectivity index (χ1) is 12.6. The van der Waals surface area contributed by atoms with Gasteiger partial charge in [0.1, 0.15) is 17.2 Å². The first-order valence-corrected chi connectivity index (χ1v) is 8.15. The van der Waals surface area contributed by atoms with Crippen LogP contribution >= 0.6 is 0 Å². The first-order valence-electron chi connectivity index (χ1n) is 8.15. The van der Waals surface area contributed by atoms with E-state index in [4.69, 9.17) is 9.47 Å². The van der Waals surface area contributed by atoms with Crippen LogP contribution in [-0.2, 0) is 16.0 Å². The molecule has 7 heteroatoms. The molecule has 0 aliphatic heterocycles. The van der Waals surface area contributed by atoms with Crippen LogP contribution in [0.5, 0.6) is 17.2 Å². The molecule has 2 amide bonds. The van der Waals surface area contributed by atoms with Crippen molar-refractivity contribution in [1.29, 1.82) is 0 Å². The lowest BCUT2D eigenvalue weighted by molar-refractivity contribution is -0.127. The molecule has 0 aromatic heterocycles. The van der Waals surface area contributed by atoms with Crippen molar-refractivity contribution in [3.05, 3.63) is 54.1 Å². The zero-order chi connectivity index (χ0) is 18.8. The van der Waals surface area contributed by atoms with E-state index >= 15 is 0 Å². The predicted molar refractivity (Wildman–Crippen MR) is 96.3 cm³/mol. The molecule has 0 aliphatic carbocycles. The van der Waals surface area contributed by atoms with Gasteiger partial charge < -0.3 is 25.2 Å². The summed E-state index contributed by atoms with van der Waals surface area (Å²) in [6, 6.07) is 13.6. The Bertz CT molecular complexity index is 714. The van der Waals surface area contributed by atoms with Gasteiger partial charge in [0.05, 0.1) is 13.7 Å². The molecular formula is C19H22N2O5. The number of amides is 2.